The van der Waals surface area contributed by atoms with Gasteiger partial charge in [0.15, 0.2) is 0 Å². The lowest BCUT2D eigenvalue weighted by atomic mass is 10.0. The predicted molar refractivity (Wildman–Crippen MR) is 113 cm³/mol. The van der Waals surface area contributed by atoms with Crippen LogP contribution in [0.1, 0.15) is 39.9 Å². The average molecular weight is 394 g/mol. The lowest BCUT2D eigenvalue weighted by molar-refractivity contribution is -0.117. The van der Waals surface area contributed by atoms with Crippen LogP contribution in [-0.4, -0.2) is 47.8 Å². The summed E-state index contributed by atoms with van der Waals surface area (Å²) < 4.78 is 0. The monoisotopic (exact) mass is 394 g/mol. The summed E-state index contributed by atoms with van der Waals surface area (Å²) in [6.45, 7) is 3.45. The number of phenols is 1. The van der Waals surface area contributed by atoms with Gasteiger partial charge in [0.25, 0.3) is 5.91 Å². The number of nitrogens with one attached hydrogen (secondary N) is 1. The maximum absolute atomic E-state index is 12.7. The van der Waals surface area contributed by atoms with Crippen molar-refractivity contribution in [2.45, 2.75) is 26.2 Å². The molecule has 1 aliphatic rings. The van der Waals surface area contributed by atoms with Crippen LogP contribution in [0.25, 0.3) is 0 Å². The molecule has 4 N–H and O–H groups in total. The Bertz CT molecular complexity index is 965. The van der Waals surface area contributed by atoms with Crippen LogP contribution in [0, 0.1) is 12.3 Å². The maximum atomic E-state index is 12.7. The van der Waals surface area contributed by atoms with Crippen molar-refractivity contribution in [3.8, 4) is 5.75 Å². The predicted octanol–water partition coefficient (Wildman–Crippen LogP) is 2.43. The molecule has 0 spiro atoms. The topological polar surface area (TPSA) is 111 Å². The molecule has 0 aliphatic carbocycles. The second kappa shape index (κ2) is 8.34. The van der Waals surface area contributed by atoms with Gasteiger partial charge in [0.05, 0.1) is 6.42 Å². The molecular formula is C22H26N4O3. The lowest BCUT2D eigenvalue weighted by Gasteiger charge is -2.21. The molecule has 0 bridgehead atoms. The van der Waals surface area contributed by atoms with Crippen molar-refractivity contribution in [1.29, 1.82) is 5.41 Å². The first kappa shape index (κ1) is 20.4. The van der Waals surface area contributed by atoms with Gasteiger partial charge in [-0.05, 0) is 61.7 Å². The summed E-state index contributed by atoms with van der Waals surface area (Å²) in [7, 11) is 1.66. The van der Waals surface area contributed by atoms with E-state index in [2.05, 4.69) is 0 Å². The van der Waals surface area contributed by atoms with E-state index >= 15 is 0 Å². The van der Waals surface area contributed by atoms with E-state index in [1.807, 2.05) is 17.9 Å². The number of hydrogen-bond donors (Lipinski definition) is 3. The largest absolute Gasteiger partial charge is 0.508 e. The molecule has 29 heavy (non-hydrogen) atoms. The second-order valence-corrected chi connectivity index (χ2v) is 7.39. The van der Waals surface area contributed by atoms with Gasteiger partial charge >= 0.3 is 0 Å². The molecule has 2 aromatic carbocycles. The number of likely N-dealkylation sites (N-methyl/N-ethyl adjacent to an activating group) is 1. The molecule has 3 rings (SSSR count). The van der Waals surface area contributed by atoms with Gasteiger partial charge in [-0.2, -0.15) is 0 Å². The smallest absolute Gasteiger partial charge is 0.254 e. The van der Waals surface area contributed by atoms with Crippen molar-refractivity contribution >= 4 is 23.3 Å². The maximum Gasteiger partial charge on any atom is 0.254 e. The summed E-state index contributed by atoms with van der Waals surface area (Å²) in [6.07, 6.45) is 2.05. The third kappa shape index (κ3) is 4.39. The Balaban J connectivity index is 1.76. The van der Waals surface area contributed by atoms with E-state index in [1.54, 1.807) is 25.2 Å². The number of carbonyl (C=O) groups is 2. The van der Waals surface area contributed by atoms with Gasteiger partial charge in [0.2, 0.25) is 5.91 Å². The van der Waals surface area contributed by atoms with Crippen LogP contribution in [0.15, 0.2) is 36.4 Å². The molecule has 0 saturated carbocycles. The first-order valence-electron chi connectivity index (χ1n) is 9.60. The fourth-order valence-electron chi connectivity index (χ4n) is 3.51. The first-order valence-corrected chi connectivity index (χ1v) is 9.60. The Kier molecular flexibility index (Phi) is 5.87. The molecule has 1 heterocycles. The molecule has 1 aliphatic heterocycles. The lowest BCUT2D eigenvalue weighted by Crippen LogP contribution is -2.29. The van der Waals surface area contributed by atoms with E-state index in [0.717, 1.165) is 31.5 Å². The third-order valence-electron chi connectivity index (χ3n) is 5.33. The zero-order valence-corrected chi connectivity index (χ0v) is 16.7. The van der Waals surface area contributed by atoms with E-state index in [-0.39, 0.29) is 29.8 Å². The molecule has 1 saturated heterocycles. The number of nitrogens with zero attached hydrogens (tertiary/aromatic N) is 2. The van der Waals surface area contributed by atoms with Crippen LogP contribution >= 0.6 is 0 Å². The van der Waals surface area contributed by atoms with Crippen molar-refractivity contribution in [1.82, 2.24) is 4.90 Å². The van der Waals surface area contributed by atoms with Crippen LogP contribution < -0.4 is 10.6 Å². The number of amides is 2. The fourth-order valence-corrected chi connectivity index (χ4v) is 3.51. The SMILES string of the molecule is Cc1cc(N(C)C(=O)Cc2cc(C(=N)N)ccc2O)ccc1C(=O)N1CCCC1. The minimum absolute atomic E-state index is 0.0144. The van der Waals surface area contributed by atoms with Crippen molar-refractivity contribution < 1.29 is 14.7 Å². The molecule has 152 valence electrons. The highest BCUT2D eigenvalue weighted by Gasteiger charge is 2.22. The summed E-state index contributed by atoms with van der Waals surface area (Å²) in [4.78, 5) is 28.7. The van der Waals surface area contributed by atoms with Gasteiger partial charge in [-0.15, -0.1) is 0 Å². The highest BCUT2D eigenvalue weighted by molar-refractivity contribution is 5.99. The van der Waals surface area contributed by atoms with Crippen molar-refractivity contribution in [2.75, 3.05) is 25.0 Å². The number of rotatable bonds is 5. The number of nitrogen functional groups attached to an aromatic ring is 1. The number of likely N-dealkylation sites (tertiary alicyclic amines) is 1. The Morgan fingerprint density at radius 2 is 1.86 bits per heavy atom. The Hall–Kier alpha value is -3.35. The Labute approximate surface area is 170 Å². The van der Waals surface area contributed by atoms with E-state index in [4.69, 9.17) is 11.1 Å². The number of nitrogens with two attached hydrogens (primary N) is 1. The number of amidine groups is 1. The van der Waals surface area contributed by atoms with E-state index in [0.29, 0.717) is 22.4 Å². The average Bonchev–Trinajstić information content (AvgIpc) is 3.23. The summed E-state index contributed by atoms with van der Waals surface area (Å²) in [5.41, 5.74) is 8.50. The summed E-state index contributed by atoms with van der Waals surface area (Å²) in [5.74, 6) is -0.328. The molecule has 1 fully saturated rings. The number of anilines is 1. The Morgan fingerprint density at radius 1 is 1.17 bits per heavy atom. The van der Waals surface area contributed by atoms with Crippen LogP contribution in [0.2, 0.25) is 0 Å². The second-order valence-electron chi connectivity index (χ2n) is 7.39. The van der Waals surface area contributed by atoms with Crippen LogP contribution in [-0.2, 0) is 11.2 Å². The zero-order chi connectivity index (χ0) is 21.1. The highest BCUT2D eigenvalue weighted by Crippen LogP contribution is 2.24. The number of phenolic OH excluding ortho intramolecular Hbond substituents is 1. The van der Waals surface area contributed by atoms with Gasteiger partial charge in [0, 0.05) is 42.5 Å². The van der Waals surface area contributed by atoms with E-state index < -0.39 is 0 Å². The van der Waals surface area contributed by atoms with Gasteiger partial charge < -0.3 is 20.6 Å². The van der Waals surface area contributed by atoms with Gasteiger partial charge in [0.1, 0.15) is 11.6 Å². The molecule has 0 aromatic heterocycles. The fraction of sp³-hybridized carbons (Fsp3) is 0.318. The number of aromatic hydroxyl groups is 1. The van der Waals surface area contributed by atoms with Crippen molar-refractivity contribution in [2.24, 2.45) is 5.73 Å². The Morgan fingerprint density at radius 3 is 2.48 bits per heavy atom. The molecule has 0 radical (unpaired) electrons. The normalized spacial score (nSPS) is 13.4. The number of benzene rings is 2. The molecular weight excluding hydrogens is 368 g/mol. The summed E-state index contributed by atoms with van der Waals surface area (Å²) >= 11 is 0. The van der Waals surface area contributed by atoms with Gasteiger partial charge in [-0.1, -0.05) is 0 Å². The summed E-state index contributed by atoms with van der Waals surface area (Å²) in [5, 5.41) is 17.6. The number of aryl methyl sites for hydroxylation is 1. The number of hydrogen-bond acceptors (Lipinski definition) is 4. The minimum atomic E-state index is -0.223. The van der Waals surface area contributed by atoms with Crippen LogP contribution in [0.4, 0.5) is 5.69 Å². The zero-order valence-electron chi connectivity index (χ0n) is 16.7. The molecule has 7 heteroatoms. The van der Waals surface area contributed by atoms with E-state index in [9.17, 15) is 14.7 Å². The highest BCUT2D eigenvalue weighted by atomic mass is 16.3. The first-order chi connectivity index (χ1) is 13.8. The standard InChI is InChI=1S/C22H26N4O3/c1-14-11-17(6-7-18(14)22(29)26-9-3-4-10-26)25(2)20(28)13-16-12-15(21(23)24)5-8-19(16)27/h5-8,11-12,27H,3-4,9-10,13H2,1-2H3,(H3,23,24). The molecule has 0 atom stereocenters. The molecule has 0 unspecified atom stereocenters. The molecule has 7 nitrogen and oxygen atoms in total. The molecule has 2 amide bonds. The number of carbonyl (C=O) groups excluding carboxylic acids is 2. The van der Waals surface area contributed by atoms with Crippen LogP contribution in [0.5, 0.6) is 5.75 Å². The van der Waals surface area contributed by atoms with Gasteiger partial charge in [-0.25, -0.2) is 0 Å². The molecule has 2 aromatic rings. The van der Waals surface area contributed by atoms with E-state index in [1.165, 1.54) is 17.0 Å². The summed E-state index contributed by atoms with van der Waals surface area (Å²) in [6, 6.07) is 9.87. The van der Waals surface area contributed by atoms with Gasteiger partial charge in [-0.3, -0.25) is 15.0 Å². The van der Waals surface area contributed by atoms with Crippen LogP contribution in [0.3, 0.4) is 0 Å². The van der Waals surface area contributed by atoms with Crippen molar-refractivity contribution in [3.63, 3.8) is 0 Å². The quantitative estimate of drug-likeness (QED) is 0.534. The minimum Gasteiger partial charge on any atom is -0.508 e. The third-order valence-corrected chi connectivity index (χ3v) is 5.33. The van der Waals surface area contributed by atoms with Crippen molar-refractivity contribution in [3.05, 3.63) is 58.7 Å².